The standard InChI is InChI=1S/C20H18N2O3/c1-13(20(24)22-17-9-6-15(7-10-17)19(21)23)25-18-11-8-14-4-2-3-5-16(14)12-18/h2-13H,1H3,(H2,21,23)(H,22,24)/t13-/m1/s1. The van der Waals surface area contributed by atoms with Crippen LogP contribution in [0.5, 0.6) is 5.75 Å². The van der Waals surface area contributed by atoms with Crippen molar-refractivity contribution in [2.24, 2.45) is 5.73 Å². The van der Waals surface area contributed by atoms with Gasteiger partial charge in [-0.2, -0.15) is 0 Å². The first-order chi connectivity index (χ1) is 12.0. The molecule has 3 aromatic rings. The van der Waals surface area contributed by atoms with E-state index in [-0.39, 0.29) is 5.91 Å². The summed E-state index contributed by atoms with van der Waals surface area (Å²) in [4.78, 5) is 23.3. The molecule has 25 heavy (non-hydrogen) atoms. The molecule has 3 aromatic carbocycles. The van der Waals surface area contributed by atoms with Gasteiger partial charge in [-0.15, -0.1) is 0 Å². The van der Waals surface area contributed by atoms with E-state index >= 15 is 0 Å². The smallest absolute Gasteiger partial charge is 0.265 e. The lowest BCUT2D eigenvalue weighted by atomic mass is 10.1. The maximum atomic E-state index is 12.3. The minimum absolute atomic E-state index is 0.278. The van der Waals surface area contributed by atoms with Gasteiger partial charge in [0.15, 0.2) is 6.10 Å². The number of carbonyl (C=O) groups is 2. The van der Waals surface area contributed by atoms with Crippen LogP contribution in [0.2, 0.25) is 0 Å². The van der Waals surface area contributed by atoms with Gasteiger partial charge in [0.05, 0.1) is 0 Å². The number of anilines is 1. The molecule has 126 valence electrons. The Kier molecular flexibility index (Phi) is 4.66. The molecule has 0 bridgehead atoms. The Morgan fingerprint density at radius 1 is 0.960 bits per heavy atom. The summed E-state index contributed by atoms with van der Waals surface area (Å²) in [7, 11) is 0. The largest absolute Gasteiger partial charge is 0.481 e. The summed E-state index contributed by atoms with van der Waals surface area (Å²) in [6.07, 6.45) is -0.669. The van der Waals surface area contributed by atoms with Crippen molar-refractivity contribution < 1.29 is 14.3 Å². The summed E-state index contributed by atoms with van der Waals surface area (Å²) in [6.45, 7) is 1.68. The lowest BCUT2D eigenvalue weighted by Gasteiger charge is -2.15. The van der Waals surface area contributed by atoms with Gasteiger partial charge in [-0.05, 0) is 54.1 Å². The number of carbonyl (C=O) groups excluding carboxylic acids is 2. The first kappa shape index (κ1) is 16.5. The van der Waals surface area contributed by atoms with E-state index in [0.29, 0.717) is 17.0 Å². The first-order valence-electron chi connectivity index (χ1n) is 7.89. The zero-order valence-corrected chi connectivity index (χ0v) is 13.7. The van der Waals surface area contributed by atoms with Gasteiger partial charge in [0.1, 0.15) is 5.75 Å². The van der Waals surface area contributed by atoms with Gasteiger partial charge in [-0.3, -0.25) is 9.59 Å². The molecule has 3 N–H and O–H groups in total. The number of hydrogen-bond acceptors (Lipinski definition) is 3. The Labute approximate surface area is 145 Å². The Balaban J connectivity index is 1.66. The molecule has 0 saturated carbocycles. The molecule has 3 rings (SSSR count). The number of nitrogens with one attached hydrogen (secondary N) is 1. The molecule has 0 spiro atoms. The van der Waals surface area contributed by atoms with Crippen molar-refractivity contribution >= 4 is 28.3 Å². The van der Waals surface area contributed by atoms with Crippen molar-refractivity contribution in [3.05, 3.63) is 72.3 Å². The van der Waals surface area contributed by atoms with E-state index in [9.17, 15) is 9.59 Å². The number of amides is 2. The van der Waals surface area contributed by atoms with Gasteiger partial charge in [0.25, 0.3) is 5.91 Å². The van der Waals surface area contributed by atoms with Gasteiger partial charge >= 0.3 is 0 Å². The molecule has 0 aliphatic rings. The predicted octanol–water partition coefficient (Wildman–Crippen LogP) is 3.34. The van der Waals surface area contributed by atoms with Crippen LogP contribution in [0.1, 0.15) is 17.3 Å². The van der Waals surface area contributed by atoms with Gasteiger partial charge in [0.2, 0.25) is 5.91 Å². The van der Waals surface area contributed by atoms with Gasteiger partial charge in [0, 0.05) is 11.3 Å². The second-order valence-electron chi connectivity index (χ2n) is 5.70. The van der Waals surface area contributed by atoms with E-state index in [1.54, 1.807) is 31.2 Å². The fraction of sp³-hybridized carbons (Fsp3) is 0.100. The summed E-state index contributed by atoms with van der Waals surface area (Å²) in [5.74, 6) is -0.156. The zero-order valence-electron chi connectivity index (χ0n) is 13.7. The molecule has 2 amide bonds. The van der Waals surface area contributed by atoms with Crippen LogP contribution in [0.3, 0.4) is 0 Å². The van der Waals surface area contributed by atoms with Crippen LogP contribution < -0.4 is 15.8 Å². The van der Waals surface area contributed by atoms with Crippen LogP contribution in [-0.4, -0.2) is 17.9 Å². The number of ether oxygens (including phenoxy) is 1. The highest BCUT2D eigenvalue weighted by molar-refractivity contribution is 5.96. The molecule has 1 atom stereocenters. The van der Waals surface area contributed by atoms with Crippen LogP contribution in [0.25, 0.3) is 10.8 Å². The molecule has 0 saturated heterocycles. The number of nitrogens with two attached hydrogens (primary N) is 1. The average molecular weight is 334 g/mol. The number of primary amides is 1. The third-order valence-electron chi connectivity index (χ3n) is 3.84. The molecule has 0 unspecified atom stereocenters. The normalized spacial score (nSPS) is 11.7. The van der Waals surface area contributed by atoms with Crippen molar-refractivity contribution in [1.82, 2.24) is 0 Å². The van der Waals surface area contributed by atoms with E-state index in [1.807, 2.05) is 42.5 Å². The molecule has 5 heteroatoms. The highest BCUT2D eigenvalue weighted by atomic mass is 16.5. The highest BCUT2D eigenvalue weighted by Crippen LogP contribution is 2.21. The topological polar surface area (TPSA) is 81.4 Å². The molecule has 5 nitrogen and oxygen atoms in total. The summed E-state index contributed by atoms with van der Waals surface area (Å²) in [5, 5.41) is 4.91. The number of fused-ring (bicyclic) bond motifs is 1. The van der Waals surface area contributed by atoms with Crippen LogP contribution in [0, 0.1) is 0 Å². The average Bonchev–Trinajstić information content (AvgIpc) is 2.62. The molecule has 0 fully saturated rings. The van der Waals surface area contributed by atoms with E-state index in [4.69, 9.17) is 10.5 Å². The number of hydrogen-bond donors (Lipinski definition) is 2. The Bertz CT molecular complexity index is 920. The monoisotopic (exact) mass is 334 g/mol. The van der Waals surface area contributed by atoms with Crippen LogP contribution in [-0.2, 0) is 4.79 Å². The Hall–Kier alpha value is -3.34. The van der Waals surface area contributed by atoms with Crippen molar-refractivity contribution in [2.75, 3.05) is 5.32 Å². The Morgan fingerprint density at radius 2 is 1.64 bits per heavy atom. The molecule has 0 aromatic heterocycles. The molecule has 0 radical (unpaired) electrons. The fourth-order valence-electron chi connectivity index (χ4n) is 2.46. The molecule has 0 aliphatic heterocycles. The second kappa shape index (κ2) is 7.05. The molecular formula is C20H18N2O3. The minimum Gasteiger partial charge on any atom is -0.481 e. The summed E-state index contributed by atoms with van der Waals surface area (Å²) in [6, 6.07) is 20.0. The van der Waals surface area contributed by atoms with Crippen molar-refractivity contribution in [2.45, 2.75) is 13.0 Å². The SMILES string of the molecule is C[C@@H](Oc1ccc2ccccc2c1)C(=O)Nc1ccc(C(N)=O)cc1. The van der Waals surface area contributed by atoms with Crippen LogP contribution in [0.15, 0.2) is 66.7 Å². The van der Waals surface area contributed by atoms with E-state index < -0.39 is 12.0 Å². The fourth-order valence-corrected chi connectivity index (χ4v) is 2.46. The number of benzene rings is 3. The summed E-state index contributed by atoms with van der Waals surface area (Å²) >= 11 is 0. The van der Waals surface area contributed by atoms with Crippen molar-refractivity contribution in [1.29, 1.82) is 0 Å². The minimum atomic E-state index is -0.669. The maximum Gasteiger partial charge on any atom is 0.265 e. The molecular weight excluding hydrogens is 316 g/mol. The van der Waals surface area contributed by atoms with E-state index in [0.717, 1.165) is 10.8 Å². The Morgan fingerprint density at radius 3 is 2.32 bits per heavy atom. The highest BCUT2D eigenvalue weighted by Gasteiger charge is 2.15. The van der Waals surface area contributed by atoms with E-state index in [2.05, 4.69) is 5.32 Å². The van der Waals surface area contributed by atoms with Crippen LogP contribution in [0.4, 0.5) is 5.69 Å². The van der Waals surface area contributed by atoms with Crippen LogP contribution >= 0.6 is 0 Å². The van der Waals surface area contributed by atoms with Gasteiger partial charge in [-0.25, -0.2) is 0 Å². The predicted molar refractivity (Wildman–Crippen MR) is 97.6 cm³/mol. The van der Waals surface area contributed by atoms with Crippen molar-refractivity contribution in [3.8, 4) is 5.75 Å². The lowest BCUT2D eigenvalue weighted by Crippen LogP contribution is -2.30. The first-order valence-corrected chi connectivity index (χ1v) is 7.89. The zero-order chi connectivity index (χ0) is 17.8. The van der Waals surface area contributed by atoms with Gasteiger partial charge in [-0.1, -0.05) is 30.3 Å². The van der Waals surface area contributed by atoms with E-state index in [1.165, 1.54) is 0 Å². The second-order valence-corrected chi connectivity index (χ2v) is 5.70. The maximum absolute atomic E-state index is 12.3. The number of rotatable bonds is 5. The molecule has 0 aliphatic carbocycles. The third kappa shape index (κ3) is 3.95. The quantitative estimate of drug-likeness (QED) is 0.751. The van der Waals surface area contributed by atoms with Gasteiger partial charge < -0.3 is 15.8 Å². The van der Waals surface area contributed by atoms with Crippen molar-refractivity contribution in [3.63, 3.8) is 0 Å². The lowest BCUT2D eigenvalue weighted by molar-refractivity contribution is -0.122. The third-order valence-corrected chi connectivity index (χ3v) is 3.84. The summed E-state index contributed by atoms with van der Waals surface area (Å²) in [5.41, 5.74) is 6.15. The summed E-state index contributed by atoms with van der Waals surface area (Å²) < 4.78 is 5.73. The molecule has 0 heterocycles.